The third kappa shape index (κ3) is 3.82. The van der Waals surface area contributed by atoms with Crippen molar-refractivity contribution in [2.24, 2.45) is 0 Å². The summed E-state index contributed by atoms with van der Waals surface area (Å²) in [7, 11) is -3.77. The lowest BCUT2D eigenvalue weighted by Gasteiger charge is -2.08. The molecule has 1 aromatic carbocycles. The predicted octanol–water partition coefficient (Wildman–Crippen LogP) is 2.22. The summed E-state index contributed by atoms with van der Waals surface area (Å²) < 4.78 is 63.2. The molecule has 114 valence electrons. The Morgan fingerprint density at radius 3 is 2.33 bits per heavy atom. The fourth-order valence-electron chi connectivity index (χ4n) is 1.60. The number of benzene rings is 1. The number of aryl methyl sites for hydroxylation is 1. The van der Waals surface area contributed by atoms with Gasteiger partial charge < -0.3 is 4.98 Å². The van der Waals surface area contributed by atoms with Crippen LogP contribution in [0.2, 0.25) is 0 Å². The second-order valence-electron chi connectivity index (χ2n) is 4.35. The molecule has 0 spiro atoms. The van der Waals surface area contributed by atoms with Gasteiger partial charge in [0.1, 0.15) is 5.82 Å². The number of aromatic amines is 1. The van der Waals surface area contributed by atoms with Crippen molar-refractivity contribution < 1.29 is 21.6 Å². The van der Waals surface area contributed by atoms with Gasteiger partial charge in [0.2, 0.25) is 0 Å². The Morgan fingerprint density at radius 2 is 1.86 bits per heavy atom. The molecule has 0 saturated heterocycles. The molecular weight excluding hydrogens is 307 g/mol. The first-order chi connectivity index (χ1) is 9.68. The predicted molar refractivity (Wildman–Crippen MR) is 68.8 cm³/mol. The van der Waals surface area contributed by atoms with Crippen LogP contribution in [0.5, 0.6) is 0 Å². The number of halogens is 3. The molecule has 1 aromatic heterocycles. The number of aromatic nitrogens is 2. The van der Waals surface area contributed by atoms with Gasteiger partial charge in [0.25, 0.3) is 10.0 Å². The summed E-state index contributed by atoms with van der Waals surface area (Å²) in [6.45, 7) is 1.49. The second kappa shape index (κ2) is 5.49. The highest BCUT2D eigenvalue weighted by molar-refractivity contribution is 7.89. The molecule has 0 aliphatic heterocycles. The second-order valence-corrected chi connectivity index (χ2v) is 6.09. The zero-order chi connectivity index (χ0) is 15.7. The molecule has 0 fully saturated rings. The standard InChI is InChI=1S/C12H12F3N3O2S/c1-8-16-7-11(18-8)21(19,20)17-6-9-2-4-10(5-3-9)12(13,14)15/h2-5,7,17H,6H2,1H3,(H,16,18). The van der Waals surface area contributed by atoms with Gasteiger partial charge in [-0.2, -0.15) is 13.2 Å². The summed E-state index contributed by atoms with van der Waals surface area (Å²) in [4.78, 5) is 6.35. The Morgan fingerprint density at radius 1 is 1.24 bits per heavy atom. The Bertz CT molecular complexity index is 721. The maximum Gasteiger partial charge on any atom is 0.416 e. The van der Waals surface area contributed by atoms with Gasteiger partial charge in [-0.25, -0.2) is 18.1 Å². The molecule has 5 nitrogen and oxygen atoms in total. The molecule has 1 heterocycles. The van der Waals surface area contributed by atoms with Crippen LogP contribution in [0.3, 0.4) is 0 Å². The van der Waals surface area contributed by atoms with Crippen LogP contribution >= 0.6 is 0 Å². The average Bonchev–Trinajstić information content (AvgIpc) is 2.83. The van der Waals surface area contributed by atoms with Crippen molar-refractivity contribution in [2.45, 2.75) is 24.7 Å². The van der Waals surface area contributed by atoms with Gasteiger partial charge in [0, 0.05) is 6.54 Å². The minimum Gasteiger partial charge on any atom is -0.332 e. The van der Waals surface area contributed by atoms with Gasteiger partial charge in [0.15, 0.2) is 5.03 Å². The van der Waals surface area contributed by atoms with Gasteiger partial charge in [-0.15, -0.1) is 0 Å². The van der Waals surface area contributed by atoms with Crippen molar-refractivity contribution in [1.29, 1.82) is 0 Å². The van der Waals surface area contributed by atoms with E-state index >= 15 is 0 Å². The number of imidazole rings is 1. The Balaban J connectivity index is 2.06. The minimum absolute atomic E-state index is 0.0908. The SMILES string of the molecule is Cc1ncc(S(=O)(=O)NCc2ccc(C(F)(F)F)cc2)[nH]1. The van der Waals surface area contributed by atoms with Crippen LogP contribution in [0.25, 0.3) is 0 Å². The molecule has 0 atom stereocenters. The topological polar surface area (TPSA) is 74.8 Å². The van der Waals surface area contributed by atoms with E-state index in [2.05, 4.69) is 14.7 Å². The molecule has 0 saturated carbocycles. The van der Waals surface area contributed by atoms with E-state index in [0.717, 1.165) is 12.1 Å². The van der Waals surface area contributed by atoms with E-state index in [1.54, 1.807) is 6.92 Å². The quantitative estimate of drug-likeness (QED) is 0.907. The number of H-pyrrole nitrogens is 1. The Hall–Kier alpha value is -1.87. The minimum atomic E-state index is -4.41. The number of rotatable bonds is 4. The highest BCUT2D eigenvalue weighted by Crippen LogP contribution is 2.29. The normalized spacial score (nSPS) is 12.6. The van der Waals surface area contributed by atoms with Gasteiger partial charge in [-0.05, 0) is 24.6 Å². The van der Waals surface area contributed by atoms with Crippen LogP contribution in [0.1, 0.15) is 17.0 Å². The molecule has 0 aliphatic rings. The number of hydrogen-bond acceptors (Lipinski definition) is 3. The number of nitrogens with zero attached hydrogens (tertiary/aromatic N) is 1. The van der Waals surface area contributed by atoms with Gasteiger partial charge in [-0.1, -0.05) is 12.1 Å². The monoisotopic (exact) mass is 319 g/mol. The fourth-order valence-corrected chi connectivity index (χ4v) is 2.59. The third-order valence-electron chi connectivity index (χ3n) is 2.72. The van der Waals surface area contributed by atoms with E-state index < -0.39 is 21.8 Å². The zero-order valence-corrected chi connectivity index (χ0v) is 11.7. The van der Waals surface area contributed by atoms with Crippen molar-refractivity contribution in [1.82, 2.24) is 14.7 Å². The van der Waals surface area contributed by atoms with Crippen LogP contribution in [-0.2, 0) is 22.7 Å². The molecule has 2 N–H and O–H groups in total. The molecule has 21 heavy (non-hydrogen) atoms. The molecular formula is C12H12F3N3O2S. The number of alkyl halides is 3. The smallest absolute Gasteiger partial charge is 0.332 e. The van der Waals surface area contributed by atoms with E-state index in [4.69, 9.17) is 0 Å². The van der Waals surface area contributed by atoms with Crippen LogP contribution in [0.15, 0.2) is 35.5 Å². The van der Waals surface area contributed by atoms with Crippen molar-refractivity contribution in [3.05, 3.63) is 47.4 Å². The first kappa shape index (κ1) is 15.5. The zero-order valence-electron chi connectivity index (χ0n) is 10.9. The molecule has 2 rings (SSSR count). The van der Waals surface area contributed by atoms with E-state index in [1.807, 2.05) is 0 Å². The molecule has 0 amide bonds. The summed E-state index contributed by atoms with van der Waals surface area (Å²) in [5.74, 6) is 0.449. The summed E-state index contributed by atoms with van der Waals surface area (Å²) in [6, 6.07) is 4.26. The maximum atomic E-state index is 12.4. The molecule has 9 heteroatoms. The summed E-state index contributed by atoms with van der Waals surface area (Å²) in [6.07, 6.45) is -3.24. The van der Waals surface area contributed by atoms with Crippen molar-refractivity contribution >= 4 is 10.0 Å². The first-order valence-electron chi connectivity index (χ1n) is 5.86. The van der Waals surface area contributed by atoms with Gasteiger partial charge in [0.05, 0.1) is 11.8 Å². The summed E-state index contributed by atoms with van der Waals surface area (Å²) in [5.41, 5.74) is -0.360. The van der Waals surface area contributed by atoms with Crippen LogP contribution in [0.4, 0.5) is 13.2 Å². The number of sulfonamides is 1. The van der Waals surface area contributed by atoms with Crippen LogP contribution < -0.4 is 4.72 Å². The molecule has 0 aliphatic carbocycles. The summed E-state index contributed by atoms with van der Waals surface area (Å²) in [5, 5.41) is -0.0908. The van der Waals surface area contributed by atoms with Gasteiger partial charge >= 0.3 is 6.18 Å². The van der Waals surface area contributed by atoms with E-state index in [9.17, 15) is 21.6 Å². The van der Waals surface area contributed by atoms with E-state index in [1.165, 1.54) is 18.3 Å². The lowest BCUT2D eigenvalue weighted by atomic mass is 10.1. The third-order valence-corrected chi connectivity index (χ3v) is 4.03. The van der Waals surface area contributed by atoms with E-state index in [-0.39, 0.29) is 11.6 Å². The number of nitrogens with one attached hydrogen (secondary N) is 2. The van der Waals surface area contributed by atoms with Gasteiger partial charge in [-0.3, -0.25) is 0 Å². The van der Waals surface area contributed by atoms with Crippen molar-refractivity contribution in [2.75, 3.05) is 0 Å². The molecule has 0 radical (unpaired) electrons. The lowest BCUT2D eigenvalue weighted by molar-refractivity contribution is -0.137. The largest absolute Gasteiger partial charge is 0.416 e. The summed E-state index contributed by atoms with van der Waals surface area (Å²) >= 11 is 0. The van der Waals surface area contributed by atoms with Crippen LogP contribution in [0, 0.1) is 6.92 Å². The Kier molecular flexibility index (Phi) is 4.06. The van der Waals surface area contributed by atoms with Crippen molar-refractivity contribution in [3.8, 4) is 0 Å². The number of hydrogen-bond donors (Lipinski definition) is 2. The molecule has 0 bridgehead atoms. The first-order valence-corrected chi connectivity index (χ1v) is 7.34. The highest BCUT2D eigenvalue weighted by Gasteiger charge is 2.29. The van der Waals surface area contributed by atoms with Crippen molar-refractivity contribution in [3.63, 3.8) is 0 Å². The Labute approximate surface area is 119 Å². The fraction of sp³-hybridized carbons (Fsp3) is 0.250. The maximum absolute atomic E-state index is 12.4. The molecule has 2 aromatic rings. The lowest BCUT2D eigenvalue weighted by Crippen LogP contribution is -2.23. The average molecular weight is 319 g/mol. The highest BCUT2D eigenvalue weighted by atomic mass is 32.2. The molecule has 0 unspecified atom stereocenters. The van der Waals surface area contributed by atoms with E-state index in [0.29, 0.717) is 11.4 Å². The van der Waals surface area contributed by atoms with Crippen LogP contribution in [-0.4, -0.2) is 18.4 Å².